The zero-order valence-electron chi connectivity index (χ0n) is 22.7. The van der Waals surface area contributed by atoms with E-state index in [0.717, 1.165) is 29.8 Å². The van der Waals surface area contributed by atoms with Gasteiger partial charge in [-0.15, -0.1) is 0 Å². The van der Waals surface area contributed by atoms with E-state index in [4.69, 9.17) is 4.74 Å². The minimum atomic E-state index is -0.239. The number of anilines is 3. The molecule has 0 radical (unpaired) electrons. The molecule has 1 aliphatic rings. The van der Waals surface area contributed by atoms with Gasteiger partial charge in [0.2, 0.25) is 0 Å². The van der Waals surface area contributed by atoms with Crippen LogP contribution >= 0.6 is 0 Å². The molecule has 1 N–H and O–H groups in total. The minimum absolute atomic E-state index is 0.0620. The van der Waals surface area contributed by atoms with E-state index in [-0.39, 0.29) is 18.2 Å². The van der Waals surface area contributed by atoms with Crippen molar-refractivity contribution < 1.29 is 14.3 Å². The smallest absolute Gasteiger partial charge is 0.306 e. The molecule has 0 saturated carbocycles. The summed E-state index contributed by atoms with van der Waals surface area (Å²) in [6.45, 7) is 3.73. The average molecular weight is 529 g/mol. The monoisotopic (exact) mass is 528 g/mol. The predicted octanol–water partition coefficient (Wildman–Crippen LogP) is 6.57. The highest BCUT2D eigenvalue weighted by Gasteiger charge is 2.18. The van der Waals surface area contributed by atoms with E-state index in [1.165, 1.54) is 11.3 Å². The highest BCUT2D eigenvalue weighted by Crippen LogP contribution is 2.30. The van der Waals surface area contributed by atoms with Crippen LogP contribution in [0.2, 0.25) is 0 Å². The van der Waals surface area contributed by atoms with Gasteiger partial charge < -0.3 is 15.0 Å². The molecule has 1 aliphatic heterocycles. The van der Waals surface area contributed by atoms with Crippen molar-refractivity contribution in [3.05, 3.63) is 125 Å². The molecule has 0 spiro atoms. The Kier molecular flexibility index (Phi) is 8.58. The summed E-state index contributed by atoms with van der Waals surface area (Å²) < 4.78 is 5.16. The summed E-state index contributed by atoms with van der Waals surface area (Å²) in [5, 5.41) is 3.52. The molecule has 200 valence electrons. The Morgan fingerprint density at radius 1 is 0.900 bits per heavy atom. The zero-order chi connectivity index (χ0) is 27.7. The molecule has 0 saturated heterocycles. The zero-order valence-corrected chi connectivity index (χ0v) is 22.7. The maximum absolute atomic E-state index is 13.4. The average Bonchev–Trinajstić information content (AvgIpc) is 3.40. The van der Waals surface area contributed by atoms with E-state index >= 15 is 0 Å². The number of rotatable bonds is 9. The molecule has 40 heavy (non-hydrogen) atoms. The molecule has 0 aliphatic carbocycles. The molecule has 4 aromatic rings. The van der Waals surface area contributed by atoms with Crippen molar-refractivity contribution in [1.82, 2.24) is 0 Å². The summed E-state index contributed by atoms with van der Waals surface area (Å²) in [5.41, 5.74) is 7.04. The summed E-state index contributed by atoms with van der Waals surface area (Å²) in [4.78, 5) is 27.9. The summed E-state index contributed by atoms with van der Waals surface area (Å²) in [7, 11) is 0. The van der Waals surface area contributed by atoms with Gasteiger partial charge in [-0.05, 0) is 55.2 Å². The third-order valence-corrected chi connectivity index (χ3v) is 7.00. The molecule has 0 bridgehead atoms. The number of fused-ring (bicyclic) bond motifs is 1. The Morgan fingerprint density at radius 3 is 2.52 bits per heavy atom. The van der Waals surface area contributed by atoms with Crippen molar-refractivity contribution in [3.63, 3.8) is 0 Å². The second-order valence-corrected chi connectivity index (χ2v) is 9.61. The number of nitrogens with one attached hydrogen (secondary N) is 1. The van der Waals surface area contributed by atoms with Crippen molar-refractivity contribution >= 4 is 28.8 Å². The Morgan fingerprint density at radius 2 is 1.68 bits per heavy atom. The molecule has 1 heterocycles. The quantitative estimate of drug-likeness (QED) is 0.151. The number of carbonyl (C=O) groups excluding carboxylic acids is 2. The van der Waals surface area contributed by atoms with Crippen LogP contribution in [0.15, 0.2) is 97.1 Å². The van der Waals surface area contributed by atoms with Crippen LogP contribution in [-0.2, 0) is 22.4 Å². The fourth-order valence-electron chi connectivity index (χ4n) is 5.00. The summed E-state index contributed by atoms with van der Waals surface area (Å²) in [5.74, 6) is 6.43. The summed E-state index contributed by atoms with van der Waals surface area (Å²) in [6, 6.07) is 31.1. The van der Waals surface area contributed by atoms with Crippen LogP contribution in [0.25, 0.3) is 0 Å². The Bertz CT molecular complexity index is 1570. The van der Waals surface area contributed by atoms with Crippen LogP contribution in [0.5, 0.6) is 0 Å². The lowest BCUT2D eigenvalue weighted by Gasteiger charge is -2.17. The topological polar surface area (TPSA) is 58.6 Å². The number of carbonyl (C=O) groups is 2. The van der Waals surface area contributed by atoms with Crippen LogP contribution in [0.3, 0.4) is 0 Å². The molecule has 5 heteroatoms. The van der Waals surface area contributed by atoms with Crippen LogP contribution in [0, 0.1) is 11.8 Å². The normalized spacial score (nSPS) is 11.8. The van der Waals surface area contributed by atoms with Crippen LogP contribution in [0.1, 0.15) is 46.0 Å². The molecular formula is C35H32N2O3. The number of esters is 1. The van der Waals surface area contributed by atoms with Crippen molar-refractivity contribution in [1.29, 1.82) is 0 Å². The van der Waals surface area contributed by atoms with Crippen LogP contribution in [0.4, 0.5) is 17.1 Å². The number of para-hydroxylation sites is 3. The maximum atomic E-state index is 13.4. The summed E-state index contributed by atoms with van der Waals surface area (Å²) in [6.07, 6.45) is 1.78. The standard InChI is InChI=1S/C35H32N2O3/c1-2-40-33(38)22-21-28-16-10-15-27(17-11-24-37-25-23-26-12-6-9-20-32(26)37)34(28)36-31-19-8-7-18-30(31)35(39)29-13-4-3-5-14-29/h3-10,12-16,18-20,36H,2,21-25H2,1H3. The van der Waals surface area contributed by atoms with Crippen LogP contribution < -0.4 is 10.2 Å². The van der Waals surface area contributed by atoms with Crippen LogP contribution in [-0.4, -0.2) is 31.4 Å². The number of aryl methyl sites for hydroxylation is 1. The number of hydrogen-bond donors (Lipinski definition) is 1. The van der Waals surface area contributed by atoms with Crippen molar-refractivity contribution in [2.75, 3.05) is 29.9 Å². The van der Waals surface area contributed by atoms with Gasteiger partial charge >= 0.3 is 5.97 Å². The van der Waals surface area contributed by atoms with Gasteiger partial charge in [-0.1, -0.05) is 84.6 Å². The molecule has 5 rings (SSSR count). The number of nitrogens with zero attached hydrogens (tertiary/aromatic N) is 1. The third kappa shape index (κ3) is 6.24. The van der Waals surface area contributed by atoms with Gasteiger partial charge in [0.25, 0.3) is 0 Å². The molecule has 4 aromatic carbocycles. The van der Waals surface area contributed by atoms with E-state index in [9.17, 15) is 9.59 Å². The second-order valence-electron chi connectivity index (χ2n) is 9.61. The highest BCUT2D eigenvalue weighted by molar-refractivity contribution is 6.12. The van der Waals surface area contributed by atoms with Gasteiger partial charge in [-0.2, -0.15) is 0 Å². The van der Waals surface area contributed by atoms with Gasteiger partial charge in [-0.25, -0.2) is 0 Å². The number of hydrogen-bond acceptors (Lipinski definition) is 5. The first-order chi connectivity index (χ1) is 19.6. The van der Waals surface area contributed by atoms with E-state index in [2.05, 4.69) is 46.3 Å². The van der Waals surface area contributed by atoms with Gasteiger partial charge in [-0.3, -0.25) is 9.59 Å². The molecule has 0 fully saturated rings. The molecular weight excluding hydrogens is 496 g/mol. The van der Waals surface area contributed by atoms with Gasteiger partial charge in [0.15, 0.2) is 5.78 Å². The van der Waals surface area contributed by atoms with Crippen molar-refractivity contribution in [2.24, 2.45) is 0 Å². The summed E-state index contributed by atoms with van der Waals surface area (Å²) >= 11 is 0. The first kappa shape index (κ1) is 26.8. The molecule has 5 nitrogen and oxygen atoms in total. The molecule has 0 unspecified atom stereocenters. The van der Waals surface area contributed by atoms with Crippen molar-refractivity contribution in [2.45, 2.75) is 26.2 Å². The Balaban J connectivity index is 1.46. The second kappa shape index (κ2) is 12.8. The van der Waals surface area contributed by atoms with Gasteiger partial charge in [0.05, 0.1) is 18.8 Å². The maximum Gasteiger partial charge on any atom is 0.306 e. The van der Waals surface area contributed by atoms with E-state index in [1.54, 1.807) is 6.92 Å². The largest absolute Gasteiger partial charge is 0.466 e. The highest BCUT2D eigenvalue weighted by atomic mass is 16.5. The molecule has 0 aromatic heterocycles. The molecule has 0 amide bonds. The van der Waals surface area contributed by atoms with Gasteiger partial charge in [0.1, 0.15) is 0 Å². The fourth-order valence-corrected chi connectivity index (χ4v) is 5.00. The fraction of sp³-hybridized carbons (Fsp3) is 0.200. The number of benzene rings is 4. The Labute approximate surface area is 235 Å². The first-order valence-corrected chi connectivity index (χ1v) is 13.7. The number of ketones is 1. The lowest BCUT2D eigenvalue weighted by molar-refractivity contribution is -0.143. The molecule has 0 atom stereocenters. The predicted molar refractivity (Wildman–Crippen MR) is 160 cm³/mol. The Hall–Kier alpha value is -4.82. The SMILES string of the molecule is CCOC(=O)CCc1cccc(C#CCN2CCc3ccccc32)c1Nc1ccccc1C(=O)c1ccccc1. The lowest BCUT2D eigenvalue weighted by atomic mass is 9.99. The first-order valence-electron chi connectivity index (χ1n) is 13.7. The van der Waals surface area contributed by atoms with Crippen molar-refractivity contribution in [3.8, 4) is 11.8 Å². The minimum Gasteiger partial charge on any atom is -0.466 e. The van der Waals surface area contributed by atoms with E-state index in [0.29, 0.717) is 36.4 Å². The number of ether oxygens (including phenoxy) is 1. The third-order valence-electron chi connectivity index (χ3n) is 7.00. The lowest BCUT2D eigenvalue weighted by Crippen LogP contribution is -2.20. The van der Waals surface area contributed by atoms with E-state index in [1.807, 2.05) is 72.8 Å². The van der Waals surface area contributed by atoms with Gasteiger partial charge in [0, 0.05) is 41.0 Å². The van der Waals surface area contributed by atoms with E-state index < -0.39 is 0 Å².